The highest BCUT2D eigenvalue weighted by atomic mass is 16.2. The molecule has 1 heterocycles. The first-order valence-electron chi connectivity index (χ1n) is 8.74. The smallest absolute Gasteiger partial charge is 0.321 e. The predicted octanol–water partition coefficient (Wildman–Crippen LogP) is 3.42. The molecule has 1 saturated heterocycles. The molecule has 0 atom stereocenters. The minimum absolute atomic E-state index is 0.112. The summed E-state index contributed by atoms with van der Waals surface area (Å²) in [7, 11) is 0. The highest BCUT2D eigenvalue weighted by molar-refractivity contribution is 5.89. The van der Waals surface area contributed by atoms with Crippen molar-refractivity contribution in [1.82, 2.24) is 9.80 Å². The summed E-state index contributed by atoms with van der Waals surface area (Å²) < 4.78 is 0. The third kappa shape index (κ3) is 4.95. The largest absolute Gasteiger partial charge is 0.322 e. The summed E-state index contributed by atoms with van der Waals surface area (Å²) in [4.78, 5) is 16.5. The number of rotatable bonds is 4. The van der Waals surface area contributed by atoms with E-state index in [2.05, 4.69) is 40.6 Å². The van der Waals surface area contributed by atoms with Gasteiger partial charge < -0.3 is 10.2 Å². The van der Waals surface area contributed by atoms with Gasteiger partial charge in [0.25, 0.3) is 0 Å². The number of amides is 2. The summed E-state index contributed by atoms with van der Waals surface area (Å²) in [6.07, 6.45) is 4.29. The Morgan fingerprint density at radius 1 is 1.08 bits per heavy atom. The first-order valence-corrected chi connectivity index (χ1v) is 8.74. The van der Waals surface area contributed by atoms with Gasteiger partial charge in [-0.1, -0.05) is 48.6 Å². The number of carbonyl (C=O) groups excluding carboxylic acids is 1. The van der Waals surface area contributed by atoms with Gasteiger partial charge in [0.1, 0.15) is 0 Å². The molecule has 0 saturated carbocycles. The second kappa shape index (κ2) is 8.84. The lowest BCUT2D eigenvalue weighted by Crippen LogP contribution is -2.49. The maximum Gasteiger partial charge on any atom is 0.321 e. The van der Waals surface area contributed by atoms with E-state index < -0.39 is 0 Å². The Balaban J connectivity index is 1.45. The van der Waals surface area contributed by atoms with Crippen molar-refractivity contribution in [2.24, 2.45) is 0 Å². The second-order valence-electron chi connectivity index (χ2n) is 6.22. The number of benzene rings is 2. The average Bonchev–Trinajstić information content (AvgIpc) is 2.69. The van der Waals surface area contributed by atoms with Gasteiger partial charge in [0.15, 0.2) is 0 Å². The van der Waals surface area contributed by atoms with Crippen LogP contribution in [0.15, 0.2) is 60.7 Å². The first kappa shape index (κ1) is 17.7. The lowest BCUT2D eigenvalue weighted by atomic mass is 10.2. The van der Waals surface area contributed by atoms with Crippen LogP contribution in [0, 0.1) is 11.3 Å². The van der Waals surface area contributed by atoms with E-state index in [0.29, 0.717) is 24.3 Å². The number of nitrogens with one attached hydrogen (secondary N) is 1. The number of nitrogens with zero attached hydrogens (tertiary/aromatic N) is 3. The Kier molecular flexibility index (Phi) is 6.02. The van der Waals surface area contributed by atoms with Gasteiger partial charge >= 0.3 is 6.03 Å². The molecule has 1 aliphatic heterocycles. The number of carbonyl (C=O) groups is 1. The van der Waals surface area contributed by atoms with Crippen molar-refractivity contribution in [2.75, 3.05) is 38.0 Å². The third-order valence-electron chi connectivity index (χ3n) is 4.38. The van der Waals surface area contributed by atoms with Gasteiger partial charge in [-0.2, -0.15) is 5.26 Å². The lowest BCUT2D eigenvalue weighted by molar-refractivity contribution is 0.156. The van der Waals surface area contributed by atoms with E-state index in [9.17, 15) is 4.79 Å². The van der Waals surface area contributed by atoms with E-state index in [1.165, 1.54) is 5.56 Å². The molecule has 5 nitrogen and oxygen atoms in total. The zero-order valence-electron chi connectivity index (χ0n) is 14.6. The first-order chi connectivity index (χ1) is 12.7. The number of piperazine rings is 1. The van der Waals surface area contributed by atoms with Crippen LogP contribution in [0.3, 0.4) is 0 Å². The predicted molar refractivity (Wildman–Crippen MR) is 104 cm³/mol. The fraction of sp³-hybridized carbons (Fsp3) is 0.238. The summed E-state index contributed by atoms with van der Waals surface area (Å²) in [6.45, 7) is 3.98. The van der Waals surface area contributed by atoms with Crippen LogP contribution >= 0.6 is 0 Å². The van der Waals surface area contributed by atoms with E-state index in [1.54, 1.807) is 24.3 Å². The standard InChI is InChI=1S/C21H22N4O/c22-17-19-8-4-10-20(16-19)23-21(26)25-14-12-24(13-15-25)11-5-9-18-6-2-1-3-7-18/h1-10,16H,11-15H2,(H,23,26)/b9-5+. The van der Waals surface area contributed by atoms with E-state index in [0.717, 1.165) is 19.6 Å². The Labute approximate surface area is 154 Å². The van der Waals surface area contributed by atoms with Crippen LogP contribution in [0.2, 0.25) is 0 Å². The maximum absolute atomic E-state index is 12.4. The number of nitriles is 1. The minimum atomic E-state index is -0.112. The van der Waals surface area contributed by atoms with Crippen molar-refractivity contribution >= 4 is 17.8 Å². The van der Waals surface area contributed by atoms with Gasteiger partial charge in [-0.3, -0.25) is 4.90 Å². The highest BCUT2D eigenvalue weighted by Crippen LogP contribution is 2.12. The fourth-order valence-electron chi connectivity index (χ4n) is 2.90. The van der Waals surface area contributed by atoms with Crippen LogP contribution in [0.4, 0.5) is 10.5 Å². The highest BCUT2D eigenvalue weighted by Gasteiger charge is 2.20. The van der Waals surface area contributed by atoms with E-state index in [-0.39, 0.29) is 6.03 Å². The third-order valence-corrected chi connectivity index (χ3v) is 4.38. The molecule has 3 rings (SSSR count). The van der Waals surface area contributed by atoms with Crippen LogP contribution in [-0.2, 0) is 0 Å². The molecule has 1 aliphatic rings. The van der Waals surface area contributed by atoms with Crippen LogP contribution in [0.1, 0.15) is 11.1 Å². The topological polar surface area (TPSA) is 59.4 Å². The summed E-state index contributed by atoms with van der Waals surface area (Å²) in [5, 5.41) is 11.8. The Bertz CT molecular complexity index is 802. The fourth-order valence-corrected chi connectivity index (χ4v) is 2.90. The van der Waals surface area contributed by atoms with Crippen molar-refractivity contribution in [3.8, 4) is 6.07 Å². The Morgan fingerprint density at radius 2 is 1.85 bits per heavy atom. The Morgan fingerprint density at radius 3 is 2.58 bits per heavy atom. The zero-order valence-corrected chi connectivity index (χ0v) is 14.6. The van der Waals surface area contributed by atoms with Gasteiger partial charge in [-0.25, -0.2) is 4.79 Å². The molecule has 1 fully saturated rings. The molecule has 2 aromatic carbocycles. The molecule has 0 aromatic heterocycles. The molecule has 2 amide bonds. The molecule has 1 N–H and O–H groups in total. The maximum atomic E-state index is 12.4. The van der Waals surface area contributed by atoms with Gasteiger partial charge in [-0.05, 0) is 23.8 Å². The van der Waals surface area contributed by atoms with Crippen LogP contribution in [0.5, 0.6) is 0 Å². The normalized spacial score (nSPS) is 15.0. The molecule has 0 radical (unpaired) electrons. The molecule has 5 heteroatoms. The van der Waals surface area contributed by atoms with Gasteiger partial charge in [0, 0.05) is 38.4 Å². The van der Waals surface area contributed by atoms with Crippen LogP contribution in [-0.4, -0.2) is 48.6 Å². The molecule has 0 aliphatic carbocycles. The van der Waals surface area contributed by atoms with Gasteiger partial charge in [0.2, 0.25) is 0 Å². The van der Waals surface area contributed by atoms with Crippen LogP contribution in [0.25, 0.3) is 6.08 Å². The number of urea groups is 1. The number of hydrogen-bond acceptors (Lipinski definition) is 3. The van der Waals surface area contributed by atoms with E-state index in [4.69, 9.17) is 5.26 Å². The molecule has 0 bridgehead atoms. The molecular weight excluding hydrogens is 324 g/mol. The molecule has 26 heavy (non-hydrogen) atoms. The number of hydrogen-bond donors (Lipinski definition) is 1. The van der Waals surface area contributed by atoms with Crippen LogP contribution < -0.4 is 5.32 Å². The monoisotopic (exact) mass is 346 g/mol. The van der Waals surface area contributed by atoms with Crippen molar-refractivity contribution in [3.63, 3.8) is 0 Å². The van der Waals surface area contributed by atoms with Crippen molar-refractivity contribution < 1.29 is 4.79 Å². The second-order valence-corrected chi connectivity index (χ2v) is 6.22. The molecule has 0 unspecified atom stereocenters. The quantitative estimate of drug-likeness (QED) is 0.923. The van der Waals surface area contributed by atoms with Crippen molar-refractivity contribution in [1.29, 1.82) is 5.26 Å². The molecule has 2 aromatic rings. The molecule has 0 spiro atoms. The Hall–Kier alpha value is -3.10. The SMILES string of the molecule is N#Cc1cccc(NC(=O)N2CCN(C/C=C/c3ccccc3)CC2)c1. The average molecular weight is 346 g/mol. The zero-order chi connectivity index (χ0) is 18.2. The van der Waals surface area contributed by atoms with Gasteiger partial charge in [0.05, 0.1) is 11.6 Å². The lowest BCUT2D eigenvalue weighted by Gasteiger charge is -2.34. The molecular formula is C21H22N4O. The summed E-state index contributed by atoms with van der Waals surface area (Å²) >= 11 is 0. The molecule has 132 valence electrons. The minimum Gasteiger partial charge on any atom is -0.322 e. The summed E-state index contributed by atoms with van der Waals surface area (Å²) in [5.41, 5.74) is 2.39. The van der Waals surface area contributed by atoms with E-state index >= 15 is 0 Å². The van der Waals surface area contributed by atoms with Crippen molar-refractivity contribution in [2.45, 2.75) is 0 Å². The summed E-state index contributed by atoms with van der Waals surface area (Å²) in [5.74, 6) is 0. The summed E-state index contributed by atoms with van der Waals surface area (Å²) in [6, 6.07) is 19.2. The van der Waals surface area contributed by atoms with Gasteiger partial charge in [-0.15, -0.1) is 0 Å². The van der Waals surface area contributed by atoms with E-state index in [1.807, 2.05) is 23.1 Å². The number of anilines is 1. The van der Waals surface area contributed by atoms with Crippen molar-refractivity contribution in [3.05, 3.63) is 71.8 Å².